The van der Waals surface area contributed by atoms with Gasteiger partial charge in [0.1, 0.15) is 0 Å². The Morgan fingerprint density at radius 3 is 2.65 bits per heavy atom. The van der Waals surface area contributed by atoms with E-state index in [9.17, 15) is 0 Å². The smallest absolute Gasteiger partial charge is 0.240 e. The summed E-state index contributed by atoms with van der Waals surface area (Å²) in [6.45, 7) is 1.68. The average Bonchev–Trinajstić information content (AvgIpc) is 3.15. The summed E-state index contributed by atoms with van der Waals surface area (Å²) in [6.07, 6.45) is 2.36. The predicted octanol–water partition coefficient (Wildman–Crippen LogP) is 1.75. The van der Waals surface area contributed by atoms with Crippen molar-refractivity contribution in [3.8, 4) is 22.9 Å². The molecular formula is C14H15N3O3. The van der Waals surface area contributed by atoms with Crippen LogP contribution in [0.5, 0.6) is 11.5 Å². The second-order valence-electron chi connectivity index (χ2n) is 5.45. The lowest BCUT2D eigenvalue weighted by Gasteiger charge is -2.08. The fraction of sp³-hybridized carbons (Fsp3) is 0.429. The molecule has 1 saturated carbocycles. The molecule has 1 aliphatic carbocycles. The molecule has 0 radical (unpaired) electrons. The Morgan fingerprint density at radius 2 is 1.95 bits per heavy atom. The van der Waals surface area contributed by atoms with Gasteiger partial charge >= 0.3 is 0 Å². The molecule has 0 amide bonds. The van der Waals surface area contributed by atoms with Crippen molar-refractivity contribution in [3.05, 3.63) is 24.1 Å². The van der Waals surface area contributed by atoms with Gasteiger partial charge in [0.25, 0.3) is 0 Å². The average molecular weight is 273 g/mol. The van der Waals surface area contributed by atoms with Crippen LogP contribution in [0.15, 0.2) is 22.7 Å². The molecular weight excluding hydrogens is 258 g/mol. The first-order valence-corrected chi connectivity index (χ1v) is 6.71. The van der Waals surface area contributed by atoms with Crippen molar-refractivity contribution in [2.45, 2.75) is 19.4 Å². The van der Waals surface area contributed by atoms with Crippen molar-refractivity contribution < 1.29 is 14.0 Å². The van der Waals surface area contributed by atoms with Crippen LogP contribution in [0, 0.1) is 5.41 Å². The van der Waals surface area contributed by atoms with Crippen LogP contribution < -0.4 is 15.2 Å². The number of aromatic nitrogens is 2. The lowest BCUT2D eigenvalue weighted by Crippen LogP contribution is -2.17. The first kappa shape index (κ1) is 11.7. The number of rotatable bonds is 2. The van der Waals surface area contributed by atoms with Crippen molar-refractivity contribution in [2.24, 2.45) is 11.1 Å². The van der Waals surface area contributed by atoms with Crippen molar-refractivity contribution in [2.75, 3.05) is 13.2 Å². The molecule has 0 bridgehead atoms. The molecule has 6 heteroatoms. The van der Waals surface area contributed by atoms with Gasteiger partial charge in [-0.05, 0) is 31.0 Å². The summed E-state index contributed by atoms with van der Waals surface area (Å²) in [5.41, 5.74) is 6.54. The van der Waals surface area contributed by atoms with E-state index in [1.165, 1.54) is 12.8 Å². The number of benzene rings is 1. The minimum absolute atomic E-state index is 0.234. The summed E-state index contributed by atoms with van der Waals surface area (Å²) in [6, 6.07) is 5.69. The van der Waals surface area contributed by atoms with Gasteiger partial charge in [-0.25, -0.2) is 0 Å². The Kier molecular flexibility index (Phi) is 2.47. The Labute approximate surface area is 115 Å². The summed E-state index contributed by atoms with van der Waals surface area (Å²) in [4.78, 5) is 4.21. The number of nitrogens with zero attached hydrogens (tertiary/aromatic N) is 2. The molecule has 104 valence electrons. The number of hydrogen-bond acceptors (Lipinski definition) is 6. The van der Waals surface area contributed by atoms with E-state index < -0.39 is 0 Å². The van der Waals surface area contributed by atoms with Gasteiger partial charge in [0.2, 0.25) is 11.7 Å². The van der Waals surface area contributed by atoms with Gasteiger partial charge in [-0.2, -0.15) is 4.98 Å². The van der Waals surface area contributed by atoms with Crippen molar-refractivity contribution in [3.63, 3.8) is 0 Å². The van der Waals surface area contributed by atoms with Crippen LogP contribution in [0.1, 0.15) is 18.7 Å². The van der Waals surface area contributed by atoms with Gasteiger partial charge in [-0.15, -0.1) is 0 Å². The third-order valence-electron chi connectivity index (χ3n) is 3.87. The third kappa shape index (κ3) is 1.92. The first-order valence-electron chi connectivity index (χ1n) is 6.71. The van der Waals surface area contributed by atoms with Gasteiger partial charge in [-0.1, -0.05) is 5.16 Å². The van der Waals surface area contributed by atoms with E-state index in [2.05, 4.69) is 10.1 Å². The van der Waals surface area contributed by atoms with Gasteiger partial charge in [0.15, 0.2) is 11.5 Å². The maximum absolute atomic E-state index is 5.89. The topological polar surface area (TPSA) is 83.4 Å². The number of nitrogens with two attached hydrogens (primary N) is 1. The SMILES string of the molecule is NCc1nc(-c2ccc3c(c2)OCC2(CC2)CO3)no1. The Morgan fingerprint density at radius 1 is 1.15 bits per heavy atom. The summed E-state index contributed by atoms with van der Waals surface area (Å²) < 4.78 is 16.7. The molecule has 2 aromatic rings. The van der Waals surface area contributed by atoms with E-state index in [1.807, 2.05) is 18.2 Å². The Balaban J connectivity index is 1.65. The summed E-state index contributed by atoms with van der Waals surface area (Å²) in [7, 11) is 0. The van der Waals surface area contributed by atoms with Crippen LogP contribution in [0.4, 0.5) is 0 Å². The highest BCUT2D eigenvalue weighted by Gasteiger charge is 2.46. The molecule has 2 aliphatic rings. The number of hydrogen-bond donors (Lipinski definition) is 1. The minimum atomic E-state index is 0.234. The summed E-state index contributed by atoms with van der Waals surface area (Å²) >= 11 is 0. The third-order valence-corrected chi connectivity index (χ3v) is 3.87. The molecule has 6 nitrogen and oxygen atoms in total. The fourth-order valence-electron chi connectivity index (χ4n) is 2.30. The zero-order valence-electron chi connectivity index (χ0n) is 11.0. The Bertz CT molecular complexity index is 649. The molecule has 1 aromatic carbocycles. The van der Waals surface area contributed by atoms with E-state index in [4.69, 9.17) is 19.7 Å². The van der Waals surface area contributed by atoms with Crippen molar-refractivity contribution in [1.29, 1.82) is 0 Å². The predicted molar refractivity (Wildman–Crippen MR) is 70.3 cm³/mol. The van der Waals surface area contributed by atoms with Crippen LogP contribution >= 0.6 is 0 Å². The van der Waals surface area contributed by atoms with Crippen LogP contribution in [0.3, 0.4) is 0 Å². The van der Waals surface area contributed by atoms with Gasteiger partial charge < -0.3 is 19.7 Å². The maximum Gasteiger partial charge on any atom is 0.240 e. The molecule has 1 aliphatic heterocycles. The molecule has 1 aromatic heterocycles. The number of fused-ring (bicyclic) bond motifs is 1. The van der Waals surface area contributed by atoms with Crippen LogP contribution in [0.25, 0.3) is 11.4 Å². The molecule has 2 heterocycles. The highest BCUT2D eigenvalue weighted by Crippen LogP contribution is 2.49. The largest absolute Gasteiger partial charge is 0.489 e. The fourth-order valence-corrected chi connectivity index (χ4v) is 2.30. The van der Waals surface area contributed by atoms with Crippen LogP contribution in [-0.2, 0) is 6.54 Å². The number of ether oxygens (including phenoxy) is 2. The highest BCUT2D eigenvalue weighted by atomic mass is 16.5. The maximum atomic E-state index is 5.89. The second kappa shape index (κ2) is 4.21. The van der Waals surface area contributed by atoms with E-state index in [0.717, 1.165) is 23.7 Å². The summed E-state index contributed by atoms with van der Waals surface area (Å²) in [5.74, 6) is 2.46. The zero-order valence-corrected chi connectivity index (χ0v) is 11.0. The molecule has 2 N–H and O–H groups in total. The molecule has 1 spiro atoms. The van der Waals surface area contributed by atoms with Crippen LogP contribution in [0.2, 0.25) is 0 Å². The van der Waals surface area contributed by atoms with Crippen LogP contribution in [-0.4, -0.2) is 23.4 Å². The highest BCUT2D eigenvalue weighted by molar-refractivity contribution is 5.60. The lowest BCUT2D eigenvalue weighted by molar-refractivity contribution is 0.197. The standard InChI is InChI=1S/C14H15N3O3/c15-6-12-16-13(17-20-12)9-1-2-10-11(5-9)19-8-14(3-4-14)7-18-10/h1-2,5H,3-4,6-8,15H2. The molecule has 1 fully saturated rings. The van der Waals surface area contributed by atoms with Crippen molar-refractivity contribution in [1.82, 2.24) is 10.1 Å². The molecule has 0 atom stereocenters. The molecule has 20 heavy (non-hydrogen) atoms. The quantitative estimate of drug-likeness (QED) is 0.897. The van der Waals surface area contributed by atoms with Gasteiger partial charge in [0, 0.05) is 11.0 Å². The van der Waals surface area contributed by atoms with E-state index >= 15 is 0 Å². The van der Waals surface area contributed by atoms with Gasteiger partial charge in [0.05, 0.1) is 19.8 Å². The monoisotopic (exact) mass is 273 g/mol. The lowest BCUT2D eigenvalue weighted by atomic mass is 10.1. The summed E-state index contributed by atoms with van der Waals surface area (Å²) in [5, 5.41) is 3.91. The zero-order chi connectivity index (χ0) is 13.6. The second-order valence-corrected chi connectivity index (χ2v) is 5.45. The molecule has 0 saturated heterocycles. The molecule has 0 unspecified atom stereocenters. The van der Waals surface area contributed by atoms with Crippen molar-refractivity contribution >= 4 is 0 Å². The van der Waals surface area contributed by atoms with E-state index in [1.54, 1.807) is 0 Å². The first-order chi connectivity index (χ1) is 9.78. The normalized spacial score (nSPS) is 18.9. The van der Waals surface area contributed by atoms with Gasteiger partial charge in [-0.3, -0.25) is 0 Å². The minimum Gasteiger partial charge on any atom is -0.489 e. The Hall–Kier alpha value is -2.08. The molecule has 4 rings (SSSR count). The van der Waals surface area contributed by atoms with E-state index in [0.29, 0.717) is 18.3 Å². The van der Waals surface area contributed by atoms with E-state index in [-0.39, 0.29) is 12.0 Å².